The Balaban J connectivity index is 2.34. The van der Waals surface area contributed by atoms with Crippen LogP contribution in [0.1, 0.15) is 12.7 Å². The summed E-state index contributed by atoms with van der Waals surface area (Å²) in [6.45, 7) is 8.85. The Morgan fingerprint density at radius 2 is 1.76 bits per heavy atom. The van der Waals surface area contributed by atoms with Gasteiger partial charge in [0.1, 0.15) is 11.5 Å². The van der Waals surface area contributed by atoms with Gasteiger partial charge in [-0.2, -0.15) is 0 Å². The Hall–Kier alpha value is -2.14. The van der Waals surface area contributed by atoms with Gasteiger partial charge in [-0.25, -0.2) is 0 Å². The Morgan fingerprint density at radius 3 is 2.24 bits per heavy atom. The molecule has 0 spiro atoms. The summed E-state index contributed by atoms with van der Waals surface area (Å²) in [6.07, 6.45) is 2.12. The molecule has 0 atom stereocenters. The van der Waals surface area contributed by atoms with Crippen molar-refractivity contribution in [3.05, 3.63) is 58.3 Å². The number of hydrogen-bond donors (Lipinski definition) is 0. The van der Waals surface area contributed by atoms with Crippen molar-refractivity contribution in [1.29, 1.82) is 0 Å². The van der Waals surface area contributed by atoms with E-state index < -0.39 is 13.0 Å². The van der Waals surface area contributed by atoms with Crippen molar-refractivity contribution >= 4 is 19.0 Å². The van der Waals surface area contributed by atoms with E-state index in [0.717, 1.165) is 17.1 Å². The molecular weight excluding hydrogens is 282 g/mol. The Kier molecular flexibility index (Phi) is 4.13. The molecule has 0 unspecified atom stereocenters. The SMILES string of the molecule is C/C=C(\c1ccc(-c2ccc([N+](=O)[O-])cc2)o1)[Si](C)(C)C. The van der Waals surface area contributed by atoms with Gasteiger partial charge in [0.15, 0.2) is 0 Å². The third-order valence-electron chi connectivity index (χ3n) is 3.33. The second kappa shape index (κ2) is 5.69. The number of nitro groups is 1. The van der Waals surface area contributed by atoms with Gasteiger partial charge in [0.05, 0.1) is 13.0 Å². The van der Waals surface area contributed by atoms with Crippen molar-refractivity contribution in [1.82, 2.24) is 0 Å². The van der Waals surface area contributed by atoms with Gasteiger partial charge in [-0.3, -0.25) is 10.1 Å². The monoisotopic (exact) mass is 301 g/mol. The highest BCUT2D eigenvalue weighted by molar-refractivity contribution is 6.93. The van der Waals surface area contributed by atoms with Crippen LogP contribution in [0.15, 0.2) is 46.9 Å². The first-order valence-electron chi connectivity index (χ1n) is 6.85. The second-order valence-electron chi connectivity index (χ2n) is 5.92. The van der Waals surface area contributed by atoms with Crippen LogP contribution in [0.2, 0.25) is 19.6 Å². The molecule has 2 rings (SSSR count). The fourth-order valence-electron chi connectivity index (χ4n) is 2.33. The first-order chi connectivity index (χ1) is 9.82. The van der Waals surface area contributed by atoms with Crippen LogP contribution in [0, 0.1) is 10.1 Å². The molecule has 0 aliphatic heterocycles. The number of nitrogens with zero attached hydrogens (tertiary/aromatic N) is 1. The van der Waals surface area contributed by atoms with E-state index in [1.807, 2.05) is 19.1 Å². The molecule has 110 valence electrons. The van der Waals surface area contributed by atoms with Crippen molar-refractivity contribution in [2.75, 3.05) is 0 Å². The molecule has 2 aromatic rings. The zero-order chi connectivity index (χ0) is 15.6. The second-order valence-corrected chi connectivity index (χ2v) is 11.0. The lowest BCUT2D eigenvalue weighted by Crippen LogP contribution is -2.22. The van der Waals surface area contributed by atoms with Crippen molar-refractivity contribution in [3.63, 3.8) is 0 Å². The quantitative estimate of drug-likeness (QED) is 0.446. The molecule has 0 bridgehead atoms. The fourth-order valence-corrected chi connectivity index (χ4v) is 4.07. The van der Waals surface area contributed by atoms with Gasteiger partial charge in [0.25, 0.3) is 5.69 Å². The molecule has 0 saturated heterocycles. The number of non-ortho nitro benzene ring substituents is 1. The van der Waals surface area contributed by atoms with E-state index in [9.17, 15) is 10.1 Å². The van der Waals surface area contributed by atoms with Crippen LogP contribution in [0.3, 0.4) is 0 Å². The van der Waals surface area contributed by atoms with Crippen LogP contribution in [0.25, 0.3) is 16.5 Å². The minimum atomic E-state index is -1.46. The number of allylic oxidation sites excluding steroid dienone is 1. The normalized spacial score (nSPS) is 12.5. The van der Waals surface area contributed by atoms with E-state index in [4.69, 9.17) is 4.42 Å². The van der Waals surface area contributed by atoms with Crippen molar-refractivity contribution < 1.29 is 9.34 Å². The van der Waals surface area contributed by atoms with Crippen LogP contribution in [-0.2, 0) is 0 Å². The minimum absolute atomic E-state index is 0.0850. The summed E-state index contributed by atoms with van der Waals surface area (Å²) in [7, 11) is -1.46. The van der Waals surface area contributed by atoms with Gasteiger partial charge in [-0.15, -0.1) is 0 Å². The average Bonchev–Trinajstić information content (AvgIpc) is 2.87. The summed E-state index contributed by atoms with van der Waals surface area (Å²) in [5, 5.41) is 11.9. The van der Waals surface area contributed by atoms with Gasteiger partial charge < -0.3 is 4.42 Å². The molecule has 0 aliphatic carbocycles. The molecule has 4 nitrogen and oxygen atoms in total. The summed E-state index contributed by atoms with van der Waals surface area (Å²) in [5.74, 6) is 1.63. The van der Waals surface area contributed by atoms with E-state index >= 15 is 0 Å². The molecule has 1 aromatic heterocycles. The standard InChI is InChI=1S/C16H19NO3Si/c1-5-16(21(2,3)4)15-11-10-14(20-15)12-6-8-13(9-7-12)17(18)19/h5-11H,1-4H3/b16-5+. The van der Waals surface area contributed by atoms with Gasteiger partial charge in [-0.1, -0.05) is 25.7 Å². The Labute approximate surface area is 125 Å². The van der Waals surface area contributed by atoms with Gasteiger partial charge in [0.2, 0.25) is 0 Å². The Bertz CT molecular complexity index is 678. The first-order valence-corrected chi connectivity index (χ1v) is 10.3. The highest BCUT2D eigenvalue weighted by atomic mass is 28.3. The molecule has 21 heavy (non-hydrogen) atoms. The molecular formula is C16H19NO3Si. The van der Waals surface area contributed by atoms with E-state index in [1.54, 1.807) is 12.1 Å². The van der Waals surface area contributed by atoms with Crippen molar-refractivity contribution in [3.8, 4) is 11.3 Å². The lowest BCUT2D eigenvalue weighted by Gasteiger charge is -2.18. The topological polar surface area (TPSA) is 56.3 Å². The van der Waals surface area contributed by atoms with E-state index in [1.165, 1.54) is 17.3 Å². The predicted molar refractivity (Wildman–Crippen MR) is 87.8 cm³/mol. The smallest absolute Gasteiger partial charge is 0.269 e. The molecule has 5 heteroatoms. The maximum Gasteiger partial charge on any atom is 0.269 e. The third kappa shape index (κ3) is 3.31. The largest absolute Gasteiger partial charge is 0.457 e. The van der Waals surface area contributed by atoms with Crippen LogP contribution in [0.4, 0.5) is 5.69 Å². The van der Waals surface area contributed by atoms with E-state index in [2.05, 4.69) is 25.7 Å². The predicted octanol–water partition coefficient (Wildman–Crippen LogP) is 5.14. The van der Waals surface area contributed by atoms with Crippen LogP contribution in [-0.4, -0.2) is 13.0 Å². The van der Waals surface area contributed by atoms with Crippen molar-refractivity contribution in [2.24, 2.45) is 0 Å². The number of furan rings is 1. The summed E-state index contributed by atoms with van der Waals surface area (Å²) in [5.41, 5.74) is 0.930. The highest BCUT2D eigenvalue weighted by Gasteiger charge is 2.23. The lowest BCUT2D eigenvalue weighted by molar-refractivity contribution is -0.384. The molecule has 0 amide bonds. The number of benzene rings is 1. The maximum absolute atomic E-state index is 10.7. The number of hydrogen-bond acceptors (Lipinski definition) is 3. The Morgan fingerprint density at radius 1 is 1.14 bits per heavy atom. The highest BCUT2D eigenvalue weighted by Crippen LogP contribution is 2.31. The molecule has 0 N–H and O–H groups in total. The zero-order valence-electron chi connectivity index (χ0n) is 12.7. The van der Waals surface area contributed by atoms with Gasteiger partial charge in [-0.05, 0) is 36.4 Å². The summed E-state index contributed by atoms with van der Waals surface area (Å²) >= 11 is 0. The maximum atomic E-state index is 10.7. The first kappa shape index (κ1) is 15.2. The zero-order valence-corrected chi connectivity index (χ0v) is 13.7. The number of nitro benzene ring substituents is 1. The molecule has 0 saturated carbocycles. The molecule has 0 aliphatic rings. The fraction of sp³-hybridized carbons (Fsp3) is 0.250. The molecule has 1 heterocycles. The van der Waals surface area contributed by atoms with Crippen LogP contribution in [0.5, 0.6) is 0 Å². The van der Waals surface area contributed by atoms with Crippen LogP contribution < -0.4 is 0 Å². The molecule has 0 radical (unpaired) electrons. The van der Waals surface area contributed by atoms with E-state index in [0.29, 0.717) is 0 Å². The minimum Gasteiger partial charge on any atom is -0.457 e. The summed E-state index contributed by atoms with van der Waals surface area (Å²) in [6, 6.07) is 10.3. The summed E-state index contributed by atoms with van der Waals surface area (Å²) < 4.78 is 5.95. The third-order valence-corrected chi connectivity index (χ3v) is 5.48. The van der Waals surface area contributed by atoms with Crippen molar-refractivity contribution in [2.45, 2.75) is 26.6 Å². The molecule has 0 fully saturated rings. The van der Waals surface area contributed by atoms with Gasteiger partial charge in [0, 0.05) is 17.7 Å². The number of rotatable bonds is 4. The van der Waals surface area contributed by atoms with Gasteiger partial charge >= 0.3 is 0 Å². The molecule has 1 aromatic carbocycles. The van der Waals surface area contributed by atoms with Crippen LogP contribution >= 0.6 is 0 Å². The average molecular weight is 301 g/mol. The van der Waals surface area contributed by atoms with E-state index in [-0.39, 0.29) is 5.69 Å². The lowest BCUT2D eigenvalue weighted by atomic mass is 10.1. The summed E-state index contributed by atoms with van der Waals surface area (Å²) in [4.78, 5) is 10.3.